The fourth-order valence-corrected chi connectivity index (χ4v) is 3.20. The second-order valence-electron chi connectivity index (χ2n) is 3.92. The SMILES string of the molecule is CNc1nc(OCCc2cccs2)c2ccsc2n1. The van der Waals surface area contributed by atoms with Crippen molar-refractivity contribution in [2.45, 2.75) is 6.42 Å². The average Bonchev–Trinajstić information content (AvgIpc) is 3.08. The summed E-state index contributed by atoms with van der Waals surface area (Å²) in [5.41, 5.74) is 0. The molecule has 19 heavy (non-hydrogen) atoms. The number of nitrogens with one attached hydrogen (secondary N) is 1. The number of thiophene rings is 2. The van der Waals surface area contributed by atoms with Gasteiger partial charge >= 0.3 is 0 Å². The third-order valence-corrected chi connectivity index (χ3v) is 4.42. The lowest BCUT2D eigenvalue weighted by Gasteiger charge is -2.07. The van der Waals surface area contributed by atoms with Crippen molar-refractivity contribution in [3.8, 4) is 5.88 Å². The molecule has 98 valence electrons. The molecule has 0 aliphatic rings. The van der Waals surface area contributed by atoms with E-state index < -0.39 is 0 Å². The van der Waals surface area contributed by atoms with Crippen LogP contribution in [0.4, 0.5) is 5.95 Å². The highest BCUT2D eigenvalue weighted by molar-refractivity contribution is 7.16. The van der Waals surface area contributed by atoms with E-state index in [0.717, 1.165) is 16.6 Å². The number of hydrogen-bond donors (Lipinski definition) is 1. The van der Waals surface area contributed by atoms with E-state index in [1.54, 1.807) is 22.7 Å². The van der Waals surface area contributed by atoms with Gasteiger partial charge in [-0.3, -0.25) is 0 Å². The van der Waals surface area contributed by atoms with E-state index in [0.29, 0.717) is 18.4 Å². The lowest BCUT2D eigenvalue weighted by atomic mass is 10.3. The second kappa shape index (κ2) is 5.54. The molecule has 1 N–H and O–H groups in total. The van der Waals surface area contributed by atoms with Crippen molar-refractivity contribution in [3.05, 3.63) is 33.8 Å². The molecule has 0 unspecified atom stereocenters. The third kappa shape index (κ3) is 2.69. The summed E-state index contributed by atoms with van der Waals surface area (Å²) in [5.74, 6) is 1.26. The zero-order chi connectivity index (χ0) is 13.1. The van der Waals surface area contributed by atoms with Crippen molar-refractivity contribution in [3.63, 3.8) is 0 Å². The highest BCUT2D eigenvalue weighted by Gasteiger charge is 2.09. The van der Waals surface area contributed by atoms with Crippen LogP contribution in [0, 0.1) is 0 Å². The quantitative estimate of drug-likeness (QED) is 0.782. The molecule has 0 bridgehead atoms. The summed E-state index contributed by atoms with van der Waals surface area (Å²) in [6.45, 7) is 0.631. The van der Waals surface area contributed by atoms with E-state index in [1.807, 2.05) is 18.5 Å². The highest BCUT2D eigenvalue weighted by atomic mass is 32.1. The maximum absolute atomic E-state index is 5.82. The number of anilines is 1. The van der Waals surface area contributed by atoms with E-state index in [1.165, 1.54) is 4.88 Å². The minimum Gasteiger partial charge on any atom is -0.477 e. The minimum atomic E-state index is 0.598. The first-order valence-electron chi connectivity index (χ1n) is 5.95. The molecule has 3 aromatic rings. The molecule has 0 fully saturated rings. The predicted molar refractivity (Wildman–Crippen MR) is 80.5 cm³/mol. The van der Waals surface area contributed by atoms with Crippen LogP contribution in [0.1, 0.15) is 4.88 Å². The van der Waals surface area contributed by atoms with Crippen molar-refractivity contribution in [1.82, 2.24) is 9.97 Å². The molecule has 0 saturated carbocycles. The Morgan fingerprint density at radius 1 is 1.21 bits per heavy atom. The number of rotatable bonds is 5. The predicted octanol–water partition coefficient (Wildman–Crippen LogP) is 3.42. The summed E-state index contributed by atoms with van der Waals surface area (Å²) in [5, 5.41) is 8.03. The van der Waals surface area contributed by atoms with Crippen molar-refractivity contribution in [2.24, 2.45) is 0 Å². The van der Waals surface area contributed by atoms with E-state index in [-0.39, 0.29) is 0 Å². The normalized spacial score (nSPS) is 10.8. The first kappa shape index (κ1) is 12.4. The lowest BCUT2D eigenvalue weighted by Crippen LogP contribution is -2.04. The summed E-state index contributed by atoms with van der Waals surface area (Å²) in [6, 6.07) is 6.17. The molecule has 0 aromatic carbocycles. The van der Waals surface area contributed by atoms with Gasteiger partial charge in [0.1, 0.15) is 4.83 Å². The van der Waals surface area contributed by atoms with Crippen LogP contribution < -0.4 is 10.1 Å². The third-order valence-electron chi connectivity index (χ3n) is 2.68. The summed E-state index contributed by atoms with van der Waals surface area (Å²) in [4.78, 5) is 11.0. The summed E-state index contributed by atoms with van der Waals surface area (Å²) in [7, 11) is 1.81. The first-order chi connectivity index (χ1) is 9.36. The molecule has 0 spiro atoms. The molecular weight excluding hydrogens is 278 g/mol. The zero-order valence-electron chi connectivity index (χ0n) is 10.4. The Balaban J connectivity index is 1.77. The van der Waals surface area contributed by atoms with Crippen molar-refractivity contribution < 1.29 is 4.74 Å². The van der Waals surface area contributed by atoms with Gasteiger partial charge in [-0.25, -0.2) is 4.98 Å². The monoisotopic (exact) mass is 291 g/mol. The van der Waals surface area contributed by atoms with Crippen LogP contribution in [0.2, 0.25) is 0 Å². The van der Waals surface area contributed by atoms with Crippen molar-refractivity contribution in [1.29, 1.82) is 0 Å². The van der Waals surface area contributed by atoms with E-state index in [4.69, 9.17) is 4.74 Å². The van der Waals surface area contributed by atoms with Gasteiger partial charge in [-0.1, -0.05) is 6.07 Å². The maximum atomic E-state index is 5.82. The Hall–Kier alpha value is -1.66. The van der Waals surface area contributed by atoms with Gasteiger partial charge in [0.15, 0.2) is 0 Å². The average molecular weight is 291 g/mol. The number of hydrogen-bond acceptors (Lipinski definition) is 6. The second-order valence-corrected chi connectivity index (χ2v) is 5.85. The van der Waals surface area contributed by atoms with Gasteiger partial charge in [-0.05, 0) is 22.9 Å². The molecule has 3 rings (SSSR count). The van der Waals surface area contributed by atoms with Gasteiger partial charge in [0.2, 0.25) is 11.8 Å². The smallest absolute Gasteiger partial charge is 0.227 e. The van der Waals surface area contributed by atoms with Gasteiger partial charge in [0, 0.05) is 18.3 Å². The number of nitrogens with zero attached hydrogens (tertiary/aromatic N) is 2. The van der Waals surface area contributed by atoms with Gasteiger partial charge in [-0.15, -0.1) is 22.7 Å². The standard InChI is InChI=1S/C13H13N3OS2/c1-14-13-15-11(10-5-8-19-12(10)16-13)17-6-4-9-3-2-7-18-9/h2-3,5,7-8H,4,6H2,1H3,(H,14,15,16). The summed E-state index contributed by atoms with van der Waals surface area (Å²) in [6.07, 6.45) is 0.905. The summed E-state index contributed by atoms with van der Waals surface area (Å²) < 4.78 is 5.82. The number of fused-ring (bicyclic) bond motifs is 1. The molecule has 3 heterocycles. The molecule has 0 amide bonds. The summed E-state index contributed by atoms with van der Waals surface area (Å²) >= 11 is 3.34. The van der Waals surface area contributed by atoms with Crippen LogP contribution >= 0.6 is 22.7 Å². The molecule has 4 nitrogen and oxygen atoms in total. The van der Waals surface area contributed by atoms with Crippen LogP contribution in [-0.4, -0.2) is 23.6 Å². The molecule has 6 heteroatoms. The van der Waals surface area contributed by atoms with Gasteiger partial charge < -0.3 is 10.1 Å². The van der Waals surface area contributed by atoms with E-state index >= 15 is 0 Å². The minimum absolute atomic E-state index is 0.598. The number of ether oxygens (including phenoxy) is 1. The largest absolute Gasteiger partial charge is 0.477 e. The van der Waals surface area contributed by atoms with Gasteiger partial charge in [0.25, 0.3) is 0 Å². The van der Waals surface area contributed by atoms with Crippen molar-refractivity contribution >= 4 is 38.8 Å². The topological polar surface area (TPSA) is 47.0 Å². The fraction of sp³-hybridized carbons (Fsp3) is 0.231. The molecular formula is C13H13N3OS2. The highest BCUT2D eigenvalue weighted by Crippen LogP contribution is 2.28. The fourth-order valence-electron chi connectivity index (χ4n) is 1.75. The van der Waals surface area contributed by atoms with Gasteiger partial charge in [0.05, 0.1) is 12.0 Å². The Morgan fingerprint density at radius 3 is 2.95 bits per heavy atom. The Morgan fingerprint density at radius 2 is 2.16 bits per heavy atom. The zero-order valence-corrected chi connectivity index (χ0v) is 12.1. The van der Waals surface area contributed by atoms with Crippen LogP contribution in [-0.2, 0) is 6.42 Å². The van der Waals surface area contributed by atoms with Crippen LogP contribution in [0.3, 0.4) is 0 Å². The van der Waals surface area contributed by atoms with Crippen LogP contribution in [0.5, 0.6) is 5.88 Å². The maximum Gasteiger partial charge on any atom is 0.227 e. The molecule has 0 aliphatic heterocycles. The van der Waals surface area contributed by atoms with E-state index in [9.17, 15) is 0 Å². The Labute approximate surface area is 119 Å². The molecule has 3 aromatic heterocycles. The van der Waals surface area contributed by atoms with Gasteiger partial charge in [-0.2, -0.15) is 4.98 Å². The Bertz CT molecular complexity index is 664. The first-order valence-corrected chi connectivity index (χ1v) is 7.71. The number of aromatic nitrogens is 2. The van der Waals surface area contributed by atoms with Crippen LogP contribution in [0.25, 0.3) is 10.2 Å². The molecule has 0 saturated heterocycles. The van der Waals surface area contributed by atoms with Crippen LogP contribution in [0.15, 0.2) is 29.0 Å². The molecule has 0 atom stereocenters. The Kier molecular flexibility index (Phi) is 3.61. The van der Waals surface area contributed by atoms with Crippen molar-refractivity contribution in [2.75, 3.05) is 19.0 Å². The molecule has 0 radical (unpaired) electrons. The lowest BCUT2D eigenvalue weighted by molar-refractivity contribution is 0.315. The van der Waals surface area contributed by atoms with E-state index in [2.05, 4.69) is 32.8 Å². The molecule has 0 aliphatic carbocycles.